The van der Waals surface area contributed by atoms with E-state index in [4.69, 9.17) is 5.73 Å². The van der Waals surface area contributed by atoms with E-state index in [-0.39, 0.29) is 5.82 Å². The quantitative estimate of drug-likeness (QED) is 0.801. The number of nitrogens with two attached hydrogens (primary N) is 1. The molecule has 1 saturated heterocycles. The molecule has 1 aliphatic rings. The van der Waals surface area contributed by atoms with Crippen molar-refractivity contribution in [2.45, 2.75) is 25.9 Å². The Morgan fingerprint density at radius 2 is 2.33 bits per heavy atom. The summed E-state index contributed by atoms with van der Waals surface area (Å²) in [5.41, 5.74) is 7.67. The zero-order valence-electron chi connectivity index (χ0n) is 9.04. The van der Waals surface area contributed by atoms with Gasteiger partial charge in [0.05, 0.1) is 0 Å². The van der Waals surface area contributed by atoms with E-state index < -0.39 is 0 Å². The fourth-order valence-electron chi connectivity index (χ4n) is 2.07. The van der Waals surface area contributed by atoms with Crippen molar-refractivity contribution < 1.29 is 4.39 Å². The second-order valence-corrected chi connectivity index (χ2v) is 4.31. The van der Waals surface area contributed by atoms with Crippen molar-refractivity contribution in [1.29, 1.82) is 0 Å². The first-order valence-corrected chi connectivity index (χ1v) is 5.39. The Hall–Kier alpha value is -0.930. The lowest BCUT2D eigenvalue weighted by Gasteiger charge is -2.16. The second kappa shape index (κ2) is 4.29. The van der Waals surface area contributed by atoms with E-state index in [1.165, 1.54) is 6.07 Å². The fraction of sp³-hybridized carbons (Fsp3) is 0.500. The Bertz CT molecular complexity index is 351. The first-order chi connectivity index (χ1) is 7.16. The van der Waals surface area contributed by atoms with Crippen LogP contribution in [0.5, 0.6) is 0 Å². The van der Waals surface area contributed by atoms with Crippen LogP contribution in [0.2, 0.25) is 0 Å². The number of likely N-dealkylation sites (tertiary alicyclic amines) is 1. The first-order valence-electron chi connectivity index (χ1n) is 5.39. The van der Waals surface area contributed by atoms with Gasteiger partial charge in [-0.1, -0.05) is 12.1 Å². The zero-order chi connectivity index (χ0) is 10.8. The molecule has 0 aromatic heterocycles. The molecule has 0 spiro atoms. The summed E-state index contributed by atoms with van der Waals surface area (Å²) in [6.45, 7) is 4.60. The molecule has 82 valence electrons. The van der Waals surface area contributed by atoms with Gasteiger partial charge in [-0.2, -0.15) is 0 Å². The molecular weight excluding hydrogens is 191 g/mol. The number of hydrogen-bond acceptors (Lipinski definition) is 2. The summed E-state index contributed by atoms with van der Waals surface area (Å²) in [4.78, 5) is 2.28. The number of nitrogens with zero attached hydrogens (tertiary/aromatic N) is 1. The molecule has 1 heterocycles. The summed E-state index contributed by atoms with van der Waals surface area (Å²) >= 11 is 0. The van der Waals surface area contributed by atoms with E-state index >= 15 is 0 Å². The minimum absolute atomic E-state index is 0.115. The molecule has 2 rings (SSSR count). The maximum atomic E-state index is 13.3. The van der Waals surface area contributed by atoms with Crippen LogP contribution in [-0.2, 0) is 6.54 Å². The standard InChI is InChI=1S/C12H17FN2/c1-9-10(3-2-4-12(9)13)7-15-6-5-11(14)8-15/h2-4,11H,5-8,14H2,1H3. The normalized spacial score (nSPS) is 22.2. The van der Waals surface area contributed by atoms with Gasteiger partial charge in [0.15, 0.2) is 0 Å². The van der Waals surface area contributed by atoms with Gasteiger partial charge in [-0.15, -0.1) is 0 Å². The monoisotopic (exact) mass is 208 g/mol. The van der Waals surface area contributed by atoms with Crippen LogP contribution in [0.1, 0.15) is 17.5 Å². The lowest BCUT2D eigenvalue weighted by atomic mass is 10.1. The van der Waals surface area contributed by atoms with Crippen molar-refractivity contribution in [1.82, 2.24) is 4.90 Å². The van der Waals surface area contributed by atoms with E-state index in [0.717, 1.165) is 37.2 Å². The van der Waals surface area contributed by atoms with Crippen molar-refractivity contribution in [3.05, 3.63) is 35.1 Å². The lowest BCUT2D eigenvalue weighted by molar-refractivity contribution is 0.325. The van der Waals surface area contributed by atoms with E-state index in [9.17, 15) is 4.39 Å². The highest BCUT2D eigenvalue weighted by Gasteiger charge is 2.19. The predicted molar refractivity (Wildman–Crippen MR) is 59.0 cm³/mol. The Morgan fingerprint density at radius 3 is 3.00 bits per heavy atom. The molecule has 0 amide bonds. The van der Waals surface area contributed by atoms with Crippen LogP contribution in [0.15, 0.2) is 18.2 Å². The largest absolute Gasteiger partial charge is 0.326 e. The summed E-state index contributed by atoms with van der Waals surface area (Å²) in [7, 11) is 0. The van der Waals surface area contributed by atoms with Gasteiger partial charge in [-0.25, -0.2) is 4.39 Å². The molecule has 2 nitrogen and oxygen atoms in total. The molecule has 1 aromatic carbocycles. The number of benzene rings is 1. The molecule has 2 N–H and O–H groups in total. The minimum Gasteiger partial charge on any atom is -0.326 e. The van der Waals surface area contributed by atoms with Crippen LogP contribution in [-0.4, -0.2) is 24.0 Å². The molecule has 0 saturated carbocycles. The van der Waals surface area contributed by atoms with E-state index in [1.54, 1.807) is 6.07 Å². The van der Waals surface area contributed by atoms with Crippen LogP contribution in [0, 0.1) is 12.7 Å². The highest BCUT2D eigenvalue weighted by atomic mass is 19.1. The number of hydrogen-bond donors (Lipinski definition) is 1. The highest BCUT2D eigenvalue weighted by Crippen LogP contribution is 2.17. The van der Waals surface area contributed by atoms with E-state index in [1.807, 2.05) is 13.0 Å². The summed E-state index contributed by atoms with van der Waals surface area (Å²) in [5, 5.41) is 0. The first kappa shape index (κ1) is 10.6. The fourth-order valence-corrected chi connectivity index (χ4v) is 2.07. The van der Waals surface area contributed by atoms with E-state index in [2.05, 4.69) is 4.90 Å². The molecule has 1 aromatic rings. The Labute approximate surface area is 89.9 Å². The van der Waals surface area contributed by atoms with Crippen molar-refractivity contribution >= 4 is 0 Å². The summed E-state index contributed by atoms with van der Waals surface area (Å²) < 4.78 is 13.3. The van der Waals surface area contributed by atoms with Gasteiger partial charge >= 0.3 is 0 Å². The average molecular weight is 208 g/mol. The minimum atomic E-state index is -0.115. The molecule has 15 heavy (non-hydrogen) atoms. The highest BCUT2D eigenvalue weighted by molar-refractivity contribution is 5.27. The van der Waals surface area contributed by atoms with Crippen LogP contribution in [0.4, 0.5) is 4.39 Å². The van der Waals surface area contributed by atoms with Gasteiger partial charge in [-0.05, 0) is 30.5 Å². The Kier molecular flexibility index (Phi) is 3.03. The lowest BCUT2D eigenvalue weighted by Crippen LogP contribution is -2.26. The molecular formula is C12H17FN2. The van der Waals surface area contributed by atoms with Crippen molar-refractivity contribution in [2.75, 3.05) is 13.1 Å². The topological polar surface area (TPSA) is 29.3 Å². The summed E-state index contributed by atoms with van der Waals surface area (Å²) in [6, 6.07) is 5.56. The third-order valence-electron chi connectivity index (χ3n) is 3.08. The van der Waals surface area contributed by atoms with Crippen LogP contribution >= 0.6 is 0 Å². The van der Waals surface area contributed by atoms with Crippen LogP contribution < -0.4 is 5.73 Å². The summed E-state index contributed by atoms with van der Waals surface area (Å²) in [5.74, 6) is -0.115. The molecule has 1 unspecified atom stereocenters. The maximum Gasteiger partial charge on any atom is 0.126 e. The zero-order valence-corrected chi connectivity index (χ0v) is 9.04. The molecule has 1 fully saturated rings. The third-order valence-corrected chi connectivity index (χ3v) is 3.08. The number of halogens is 1. The molecule has 0 aliphatic carbocycles. The van der Waals surface area contributed by atoms with Crippen LogP contribution in [0.25, 0.3) is 0 Å². The van der Waals surface area contributed by atoms with Gasteiger partial charge < -0.3 is 5.73 Å². The summed E-state index contributed by atoms with van der Waals surface area (Å²) in [6.07, 6.45) is 1.05. The maximum absolute atomic E-state index is 13.3. The van der Waals surface area contributed by atoms with Gasteiger partial charge in [0.25, 0.3) is 0 Å². The SMILES string of the molecule is Cc1c(F)cccc1CN1CCC(N)C1. The molecule has 3 heteroatoms. The van der Waals surface area contributed by atoms with Gasteiger partial charge in [-0.3, -0.25) is 4.90 Å². The predicted octanol–water partition coefficient (Wildman–Crippen LogP) is 1.67. The third kappa shape index (κ3) is 2.36. The smallest absolute Gasteiger partial charge is 0.126 e. The van der Waals surface area contributed by atoms with Crippen molar-refractivity contribution in [2.24, 2.45) is 5.73 Å². The molecule has 1 atom stereocenters. The van der Waals surface area contributed by atoms with E-state index in [0.29, 0.717) is 6.04 Å². The molecule has 0 radical (unpaired) electrons. The van der Waals surface area contributed by atoms with Crippen LogP contribution in [0.3, 0.4) is 0 Å². The van der Waals surface area contributed by atoms with Crippen molar-refractivity contribution in [3.63, 3.8) is 0 Å². The molecule has 1 aliphatic heterocycles. The Morgan fingerprint density at radius 1 is 1.53 bits per heavy atom. The Balaban J connectivity index is 2.07. The van der Waals surface area contributed by atoms with Crippen molar-refractivity contribution in [3.8, 4) is 0 Å². The average Bonchev–Trinajstić information content (AvgIpc) is 2.59. The van der Waals surface area contributed by atoms with Gasteiger partial charge in [0.1, 0.15) is 5.82 Å². The van der Waals surface area contributed by atoms with Gasteiger partial charge in [0.2, 0.25) is 0 Å². The number of rotatable bonds is 2. The van der Waals surface area contributed by atoms with Gasteiger partial charge in [0, 0.05) is 25.7 Å². The second-order valence-electron chi connectivity index (χ2n) is 4.31. The molecule has 0 bridgehead atoms.